The van der Waals surface area contributed by atoms with Crippen LogP contribution in [-0.4, -0.2) is 10.1 Å². The summed E-state index contributed by atoms with van der Waals surface area (Å²) in [5, 5.41) is 11.7. The third-order valence-corrected chi connectivity index (χ3v) is 3.01. The number of aromatic nitrogens is 1. The lowest BCUT2D eigenvalue weighted by molar-refractivity contribution is 0.472. The summed E-state index contributed by atoms with van der Waals surface area (Å²) in [5.74, 6) is 0.206. The number of hydrogen-bond donors (Lipinski definition) is 1. The Balaban J connectivity index is 1.92. The van der Waals surface area contributed by atoms with E-state index in [9.17, 15) is 5.11 Å². The fourth-order valence-electron chi connectivity index (χ4n) is 2.08. The maximum atomic E-state index is 9.20. The lowest BCUT2D eigenvalue weighted by Gasteiger charge is -2.03. The molecule has 0 aliphatic carbocycles. The molecule has 0 aliphatic rings. The molecular formula is C16H13NO. The zero-order chi connectivity index (χ0) is 12.4. The highest BCUT2D eigenvalue weighted by atomic mass is 16.3. The van der Waals surface area contributed by atoms with Crippen LogP contribution in [0.5, 0.6) is 5.75 Å². The van der Waals surface area contributed by atoms with Crippen LogP contribution in [0.1, 0.15) is 11.3 Å². The molecule has 18 heavy (non-hydrogen) atoms. The monoisotopic (exact) mass is 235 g/mol. The first-order valence-electron chi connectivity index (χ1n) is 5.93. The molecule has 1 N–H and O–H groups in total. The summed E-state index contributed by atoms with van der Waals surface area (Å²) in [6.07, 6.45) is 2.27. The molecule has 2 heteroatoms. The highest BCUT2D eigenvalue weighted by molar-refractivity contribution is 5.83. The van der Waals surface area contributed by atoms with Crippen LogP contribution in [0.15, 0.2) is 60.8 Å². The van der Waals surface area contributed by atoms with Crippen LogP contribution >= 0.6 is 0 Å². The predicted molar refractivity (Wildman–Crippen MR) is 72.7 cm³/mol. The summed E-state index contributed by atoms with van der Waals surface area (Å²) in [5.41, 5.74) is 2.19. The van der Waals surface area contributed by atoms with E-state index in [0.717, 1.165) is 12.1 Å². The quantitative estimate of drug-likeness (QED) is 0.737. The first-order chi connectivity index (χ1) is 8.81. The average molecular weight is 235 g/mol. The molecule has 1 aromatic heterocycles. The molecule has 0 aliphatic heterocycles. The van der Waals surface area contributed by atoms with Gasteiger partial charge in [-0.2, -0.15) is 0 Å². The predicted octanol–water partition coefficient (Wildman–Crippen LogP) is 3.53. The molecule has 0 spiro atoms. The summed E-state index contributed by atoms with van der Waals surface area (Å²) < 4.78 is 0. The van der Waals surface area contributed by atoms with Gasteiger partial charge in [-0.1, -0.05) is 42.5 Å². The minimum atomic E-state index is 0.206. The largest absolute Gasteiger partial charge is 0.506 e. The average Bonchev–Trinajstić information content (AvgIpc) is 2.41. The van der Waals surface area contributed by atoms with Crippen LogP contribution < -0.4 is 0 Å². The van der Waals surface area contributed by atoms with E-state index in [0.29, 0.717) is 0 Å². The smallest absolute Gasteiger partial charge is 0.133 e. The highest BCUT2D eigenvalue weighted by Crippen LogP contribution is 2.18. The fourth-order valence-corrected chi connectivity index (χ4v) is 2.08. The summed E-state index contributed by atoms with van der Waals surface area (Å²) in [4.78, 5) is 4.20. The van der Waals surface area contributed by atoms with Crippen molar-refractivity contribution < 1.29 is 5.11 Å². The molecule has 88 valence electrons. The fraction of sp³-hybridized carbons (Fsp3) is 0.0625. The van der Waals surface area contributed by atoms with Gasteiger partial charge in [-0.3, -0.25) is 4.98 Å². The molecule has 0 atom stereocenters. The van der Waals surface area contributed by atoms with Crippen molar-refractivity contribution in [3.8, 4) is 5.75 Å². The van der Waals surface area contributed by atoms with E-state index in [4.69, 9.17) is 0 Å². The van der Waals surface area contributed by atoms with Gasteiger partial charge in [0.05, 0.1) is 6.20 Å². The Bertz CT molecular complexity index is 674. The standard InChI is InChI=1S/C16H13NO/c18-16-8-7-15(17-11-16)10-12-5-6-13-3-1-2-4-14(13)9-12/h1-9,11,18H,10H2. The number of fused-ring (bicyclic) bond motifs is 1. The molecule has 2 aromatic carbocycles. The van der Waals surface area contributed by atoms with E-state index in [2.05, 4.69) is 35.3 Å². The topological polar surface area (TPSA) is 33.1 Å². The van der Waals surface area contributed by atoms with Gasteiger partial charge in [-0.15, -0.1) is 0 Å². The minimum absolute atomic E-state index is 0.206. The molecule has 0 saturated carbocycles. The van der Waals surface area contributed by atoms with Crippen molar-refractivity contribution in [2.45, 2.75) is 6.42 Å². The number of rotatable bonds is 2. The van der Waals surface area contributed by atoms with E-state index in [1.165, 1.54) is 22.5 Å². The SMILES string of the molecule is Oc1ccc(Cc2ccc3ccccc3c2)nc1. The molecule has 0 amide bonds. The Morgan fingerprint density at radius 1 is 0.889 bits per heavy atom. The molecular weight excluding hydrogens is 222 g/mol. The maximum Gasteiger partial charge on any atom is 0.133 e. The van der Waals surface area contributed by atoms with Crippen LogP contribution in [0, 0.1) is 0 Å². The normalized spacial score (nSPS) is 10.7. The molecule has 3 aromatic rings. The second kappa shape index (κ2) is 4.49. The molecule has 3 rings (SSSR count). The van der Waals surface area contributed by atoms with Crippen LogP contribution in [0.25, 0.3) is 10.8 Å². The van der Waals surface area contributed by atoms with Crippen LogP contribution in [-0.2, 0) is 6.42 Å². The molecule has 0 fully saturated rings. The lowest BCUT2D eigenvalue weighted by atomic mass is 10.0. The summed E-state index contributed by atoms with van der Waals surface area (Å²) in [6.45, 7) is 0. The van der Waals surface area contributed by atoms with Crippen molar-refractivity contribution in [2.24, 2.45) is 0 Å². The third kappa shape index (κ3) is 2.18. The zero-order valence-corrected chi connectivity index (χ0v) is 9.88. The van der Waals surface area contributed by atoms with E-state index >= 15 is 0 Å². The molecule has 0 bridgehead atoms. The lowest BCUT2D eigenvalue weighted by Crippen LogP contribution is -1.91. The second-order valence-electron chi connectivity index (χ2n) is 4.37. The van der Waals surface area contributed by atoms with Gasteiger partial charge < -0.3 is 5.11 Å². The van der Waals surface area contributed by atoms with Crippen LogP contribution in [0.2, 0.25) is 0 Å². The molecule has 0 radical (unpaired) electrons. The number of aromatic hydroxyl groups is 1. The Kier molecular flexibility index (Phi) is 2.69. The Morgan fingerprint density at radius 2 is 1.72 bits per heavy atom. The van der Waals surface area contributed by atoms with Crippen molar-refractivity contribution in [3.63, 3.8) is 0 Å². The molecule has 1 heterocycles. The van der Waals surface area contributed by atoms with Gasteiger partial charge in [0, 0.05) is 12.1 Å². The first-order valence-corrected chi connectivity index (χ1v) is 5.93. The van der Waals surface area contributed by atoms with Crippen molar-refractivity contribution >= 4 is 10.8 Å². The van der Waals surface area contributed by atoms with E-state index in [-0.39, 0.29) is 5.75 Å². The zero-order valence-electron chi connectivity index (χ0n) is 9.88. The molecule has 0 saturated heterocycles. The van der Waals surface area contributed by atoms with Crippen molar-refractivity contribution in [2.75, 3.05) is 0 Å². The number of hydrogen-bond acceptors (Lipinski definition) is 2. The van der Waals surface area contributed by atoms with Gasteiger partial charge in [-0.25, -0.2) is 0 Å². The van der Waals surface area contributed by atoms with Crippen molar-refractivity contribution in [3.05, 3.63) is 72.1 Å². The van der Waals surface area contributed by atoms with E-state index < -0.39 is 0 Å². The summed E-state index contributed by atoms with van der Waals surface area (Å²) >= 11 is 0. The number of benzene rings is 2. The summed E-state index contributed by atoms with van der Waals surface area (Å²) in [7, 11) is 0. The first kappa shape index (κ1) is 10.8. The Morgan fingerprint density at radius 3 is 2.50 bits per heavy atom. The van der Waals surface area contributed by atoms with Crippen LogP contribution in [0.4, 0.5) is 0 Å². The molecule has 2 nitrogen and oxygen atoms in total. The molecule has 0 unspecified atom stereocenters. The summed E-state index contributed by atoms with van der Waals surface area (Å²) in [6, 6.07) is 18.3. The van der Waals surface area contributed by atoms with Crippen LogP contribution in [0.3, 0.4) is 0 Å². The Labute approximate surface area is 106 Å². The van der Waals surface area contributed by atoms with E-state index in [1.807, 2.05) is 18.2 Å². The number of nitrogens with zero attached hydrogens (tertiary/aromatic N) is 1. The second-order valence-corrected chi connectivity index (χ2v) is 4.37. The Hall–Kier alpha value is -2.35. The third-order valence-electron chi connectivity index (χ3n) is 3.01. The van der Waals surface area contributed by atoms with Gasteiger partial charge in [0.1, 0.15) is 5.75 Å². The van der Waals surface area contributed by atoms with Crippen molar-refractivity contribution in [1.29, 1.82) is 0 Å². The van der Waals surface area contributed by atoms with Gasteiger partial charge in [0.2, 0.25) is 0 Å². The minimum Gasteiger partial charge on any atom is -0.506 e. The van der Waals surface area contributed by atoms with Gasteiger partial charge in [0.15, 0.2) is 0 Å². The van der Waals surface area contributed by atoms with Gasteiger partial charge in [-0.05, 0) is 28.5 Å². The van der Waals surface area contributed by atoms with E-state index in [1.54, 1.807) is 6.07 Å². The van der Waals surface area contributed by atoms with Gasteiger partial charge in [0.25, 0.3) is 0 Å². The maximum absolute atomic E-state index is 9.20. The van der Waals surface area contributed by atoms with Gasteiger partial charge >= 0.3 is 0 Å². The van der Waals surface area contributed by atoms with Crippen molar-refractivity contribution in [1.82, 2.24) is 4.98 Å². The highest BCUT2D eigenvalue weighted by Gasteiger charge is 1.99. The number of pyridine rings is 1.